The number of esters is 1. The average molecular weight is 477 g/mol. The molecule has 2 heterocycles. The van der Waals surface area contributed by atoms with E-state index in [1.165, 1.54) is 0 Å². The normalized spacial score (nSPS) is 12.7. The van der Waals surface area contributed by atoms with Crippen molar-refractivity contribution in [3.05, 3.63) is 66.9 Å². The Kier molecular flexibility index (Phi) is 7.05. The van der Waals surface area contributed by atoms with E-state index in [-0.39, 0.29) is 12.6 Å². The summed E-state index contributed by atoms with van der Waals surface area (Å²) in [5.74, 6) is 1.03. The maximum absolute atomic E-state index is 12.8. The third kappa shape index (κ3) is 6.63. The Balaban J connectivity index is 1.41. The zero-order valence-electron chi connectivity index (χ0n) is 19.9. The smallest absolute Gasteiger partial charge is 0.344 e. The molecule has 1 aromatic heterocycles. The van der Waals surface area contributed by atoms with Crippen LogP contribution in [0.15, 0.2) is 66.9 Å². The van der Waals surface area contributed by atoms with Gasteiger partial charge in [0.2, 0.25) is 0 Å². The topological polar surface area (TPSA) is 102 Å². The van der Waals surface area contributed by atoms with E-state index < -0.39 is 11.6 Å². The van der Waals surface area contributed by atoms with Crippen LogP contribution in [0, 0.1) is 0 Å². The van der Waals surface area contributed by atoms with Gasteiger partial charge in [-0.05, 0) is 45.0 Å². The number of ether oxygens (including phenoxy) is 3. The van der Waals surface area contributed by atoms with Crippen molar-refractivity contribution in [2.24, 2.45) is 0 Å². The number of fused-ring (bicyclic) bond motifs is 1. The summed E-state index contributed by atoms with van der Waals surface area (Å²) in [4.78, 5) is 30.7. The van der Waals surface area contributed by atoms with Crippen molar-refractivity contribution < 1.29 is 23.8 Å². The van der Waals surface area contributed by atoms with E-state index in [0.717, 1.165) is 5.69 Å². The van der Waals surface area contributed by atoms with Gasteiger partial charge in [0.1, 0.15) is 18.0 Å². The molecule has 4 rings (SSSR count). The summed E-state index contributed by atoms with van der Waals surface area (Å²) < 4.78 is 16.6. The van der Waals surface area contributed by atoms with Crippen LogP contribution in [0.2, 0.25) is 0 Å². The first-order valence-corrected chi connectivity index (χ1v) is 11.2. The number of benzene rings is 2. The highest BCUT2D eigenvalue weighted by atomic mass is 16.6. The maximum atomic E-state index is 12.8. The Labute approximate surface area is 204 Å². The third-order valence-electron chi connectivity index (χ3n) is 4.83. The van der Waals surface area contributed by atoms with Gasteiger partial charge >= 0.3 is 12.0 Å². The van der Waals surface area contributed by atoms with Gasteiger partial charge in [0.15, 0.2) is 18.2 Å². The molecule has 182 valence electrons. The number of amides is 2. The lowest BCUT2D eigenvalue weighted by Crippen LogP contribution is -2.41. The van der Waals surface area contributed by atoms with Crippen LogP contribution in [-0.4, -0.2) is 42.3 Å². The van der Waals surface area contributed by atoms with Crippen LogP contribution >= 0.6 is 0 Å². The lowest BCUT2D eigenvalue weighted by molar-refractivity contribution is -0.157. The summed E-state index contributed by atoms with van der Waals surface area (Å²) in [6, 6.07) is 18.0. The molecule has 35 heavy (non-hydrogen) atoms. The van der Waals surface area contributed by atoms with E-state index in [0.29, 0.717) is 41.8 Å². The molecule has 0 spiro atoms. The number of urea groups is 1. The van der Waals surface area contributed by atoms with E-state index in [4.69, 9.17) is 14.2 Å². The molecule has 0 atom stereocenters. The second-order valence-corrected chi connectivity index (χ2v) is 8.87. The molecule has 0 radical (unpaired) electrons. The van der Waals surface area contributed by atoms with Crippen molar-refractivity contribution in [2.75, 3.05) is 35.3 Å². The molecule has 3 aromatic rings. The number of nitrogens with one attached hydrogen (secondary N) is 2. The van der Waals surface area contributed by atoms with Gasteiger partial charge in [0, 0.05) is 23.5 Å². The van der Waals surface area contributed by atoms with Crippen LogP contribution in [0.1, 0.15) is 20.8 Å². The number of pyridine rings is 1. The molecule has 2 amide bonds. The highest BCUT2D eigenvalue weighted by molar-refractivity contribution is 6.02. The largest absolute Gasteiger partial charge is 0.488 e. The van der Waals surface area contributed by atoms with Crippen LogP contribution in [0.3, 0.4) is 0 Å². The van der Waals surface area contributed by atoms with Gasteiger partial charge < -0.3 is 24.8 Å². The van der Waals surface area contributed by atoms with Crippen molar-refractivity contribution in [1.29, 1.82) is 0 Å². The molecule has 0 saturated heterocycles. The molecule has 1 aliphatic heterocycles. The van der Waals surface area contributed by atoms with Gasteiger partial charge in [0.05, 0.1) is 18.4 Å². The Morgan fingerprint density at radius 3 is 2.57 bits per heavy atom. The summed E-state index contributed by atoms with van der Waals surface area (Å²) in [7, 11) is 0. The quantitative estimate of drug-likeness (QED) is 0.484. The standard InChI is InChI=1S/C26H28N4O5/c1-26(2,3)35-23(31)17-34-21-11-7-10-19(14-21)28-20-15-22-24(27-16-20)30(12-13-33-22)25(32)29-18-8-5-4-6-9-18/h4-11,14-16,28H,12-13,17H2,1-3H3,(H,29,32). The Bertz CT molecular complexity index is 1190. The van der Waals surface area contributed by atoms with Gasteiger partial charge in [-0.1, -0.05) is 24.3 Å². The highest BCUT2D eigenvalue weighted by Gasteiger charge is 2.25. The SMILES string of the molecule is CC(C)(C)OC(=O)COc1cccc(Nc2cnc3c(c2)OCCN3C(=O)Nc2ccccc2)c1. The third-order valence-corrected chi connectivity index (χ3v) is 4.83. The van der Waals surface area contributed by atoms with Crippen molar-refractivity contribution in [3.8, 4) is 11.5 Å². The minimum atomic E-state index is -0.566. The molecule has 1 aliphatic rings. The van der Waals surface area contributed by atoms with Crippen LogP contribution < -0.4 is 25.0 Å². The van der Waals surface area contributed by atoms with E-state index in [2.05, 4.69) is 15.6 Å². The summed E-state index contributed by atoms with van der Waals surface area (Å²) in [6.45, 7) is 5.98. The Hall–Kier alpha value is -4.27. The average Bonchev–Trinajstić information content (AvgIpc) is 2.82. The fraction of sp³-hybridized carbons (Fsp3) is 0.269. The minimum absolute atomic E-state index is 0.185. The summed E-state index contributed by atoms with van der Waals surface area (Å²) in [5, 5.41) is 6.12. The zero-order valence-corrected chi connectivity index (χ0v) is 19.9. The first-order chi connectivity index (χ1) is 16.8. The lowest BCUT2D eigenvalue weighted by atomic mass is 10.2. The molecule has 0 bridgehead atoms. The molecular formula is C26H28N4O5. The predicted octanol–water partition coefficient (Wildman–Crippen LogP) is 4.98. The van der Waals surface area contributed by atoms with E-state index in [1.54, 1.807) is 50.1 Å². The minimum Gasteiger partial charge on any atom is -0.488 e. The van der Waals surface area contributed by atoms with Crippen molar-refractivity contribution in [3.63, 3.8) is 0 Å². The number of para-hydroxylation sites is 1. The number of aromatic nitrogens is 1. The van der Waals surface area contributed by atoms with Crippen LogP contribution in [-0.2, 0) is 9.53 Å². The van der Waals surface area contributed by atoms with Crippen LogP contribution in [0.25, 0.3) is 0 Å². The number of nitrogens with zero attached hydrogens (tertiary/aromatic N) is 2. The fourth-order valence-electron chi connectivity index (χ4n) is 3.42. The van der Waals surface area contributed by atoms with Crippen LogP contribution in [0.4, 0.5) is 27.7 Å². The first-order valence-electron chi connectivity index (χ1n) is 11.2. The second kappa shape index (κ2) is 10.3. The summed E-state index contributed by atoms with van der Waals surface area (Å²) in [5.41, 5.74) is 1.56. The molecule has 0 aliphatic carbocycles. The second-order valence-electron chi connectivity index (χ2n) is 8.87. The number of rotatable bonds is 6. The van der Waals surface area contributed by atoms with E-state index in [1.807, 2.05) is 42.5 Å². The number of carbonyl (C=O) groups excluding carboxylic acids is 2. The Morgan fingerprint density at radius 2 is 1.80 bits per heavy atom. The molecule has 2 aromatic carbocycles. The van der Waals surface area contributed by atoms with Crippen LogP contribution in [0.5, 0.6) is 11.5 Å². The Morgan fingerprint density at radius 1 is 1.03 bits per heavy atom. The number of hydrogen-bond donors (Lipinski definition) is 2. The van der Waals surface area contributed by atoms with Crippen molar-refractivity contribution in [1.82, 2.24) is 4.98 Å². The fourth-order valence-corrected chi connectivity index (χ4v) is 3.42. The molecular weight excluding hydrogens is 448 g/mol. The number of anilines is 4. The van der Waals surface area contributed by atoms with Gasteiger partial charge in [0.25, 0.3) is 0 Å². The lowest BCUT2D eigenvalue weighted by Gasteiger charge is -2.28. The summed E-state index contributed by atoms with van der Waals surface area (Å²) in [6.07, 6.45) is 1.63. The summed E-state index contributed by atoms with van der Waals surface area (Å²) >= 11 is 0. The molecule has 0 saturated carbocycles. The van der Waals surface area contributed by atoms with Crippen molar-refractivity contribution >= 4 is 34.9 Å². The van der Waals surface area contributed by atoms with Gasteiger partial charge in [-0.2, -0.15) is 0 Å². The molecule has 9 nitrogen and oxygen atoms in total. The van der Waals surface area contributed by atoms with Crippen molar-refractivity contribution in [2.45, 2.75) is 26.4 Å². The molecule has 0 fully saturated rings. The zero-order chi connectivity index (χ0) is 24.8. The molecule has 0 unspecified atom stereocenters. The van der Waals surface area contributed by atoms with E-state index in [9.17, 15) is 9.59 Å². The maximum Gasteiger partial charge on any atom is 0.344 e. The van der Waals surface area contributed by atoms with Gasteiger partial charge in [-0.15, -0.1) is 0 Å². The van der Waals surface area contributed by atoms with Gasteiger partial charge in [-0.25, -0.2) is 14.6 Å². The van der Waals surface area contributed by atoms with E-state index >= 15 is 0 Å². The highest BCUT2D eigenvalue weighted by Crippen LogP contribution is 2.33. The molecule has 2 N–H and O–H groups in total. The predicted molar refractivity (Wildman–Crippen MR) is 134 cm³/mol. The first kappa shape index (κ1) is 23.9. The number of carbonyl (C=O) groups is 2. The molecule has 9 heteroatoms. The monoisotopic (exact) mass is 476 g/mol. The number of hydrogen-bond acceptors (Lipinski definition) is 7. The van der Waals surface area contributed by atoms with Gasteiger partial charge in [-0.3, -0.25) is 4.90 Å².